The SMILES string of the molecule is O=C1OC[C@H]2O[C@@H](Oc3cc(O)c(C(=O)CCc4ccccc4)c(O)c3)[C@H](O)[C@@H](O)[C@@H]2OC(=O)c2cc(O)c(O)c3c2[C@H]2C1=CC(=O)C(O)(O3)C2(O)O. The van der Waals surface area contributed by atoms with Crippen LogP contribution in [0.15, 0.2) is 60.2 Å². The highest BCUT2D eigenvalue weighted by Gasteiger charge is 2.70. The van der Waals surface area contributed by atoms with Crippen molar-refractivity contribution >= 4 is 23.5 Å². The number of ketones is 2. The third kappa shape index (κ3) is 5.68. The number of carbonyl (C=O) groups is 4. The van der Waals surface area contributed by atoms with Crippen LogP contribution in [0.3, 0.4) is 0 Å². The van der Waals surface area contributed by atoms with Gasteiger partial charge in [-0.05, 0) is 24.1 Å². The standard InChI is InChI=1S/C35H30O18/c36-17(7-6-13-4-2-1-3-5-13)24-18(37)8-14(9-19(24)38)50-33-28(43)27(42)29-21(51-33)12-49-31(44)16-11-22(40)35(48)34(46,47)25(16)23-15(32(45)52-29)10-20(39)26(41)30(23)53-35/h1-5,8-11,21,25,27-29,33,37-39,41-43,46-48H,6-7,12H2/t21-,25-,27-,28-,29-,33-,35?/m1/s1. The third-order valence-corrected chi connectivity index (χ3v) is 9.45. The number of esters is 2. The summed E-state index contributed by atoms with van der Waals surface area (Å²) < 4.78 is 27.1. The van der Waals surface area contributed by atoms with Crippen LogP contribution in [0.2, 0.25) is 0 Å². The molecule has 1 fully saturated rings. The molecule has 3 aromatic carbocycles. The van der Waals surface area contributed by atoms with Crippen LogP contribution >= 0.6 is 0 Å². The van der Waals surface area contributed by atoms with E-state index in [1.807, 2.05) is 6.07 Å². The summed E-state index contributed by atoms with van der Waals surface area (Å²) in [4.78, 5) is 52.9. The number of aryl methyl sites for hydroxylation is 1. The van der Waals surface area contributed by atoms with Crippen molar-refractivity contribution in [3.63, 3.8) is 0 Å². The second kappa shape index (κ2) is 12.7. The topological polar surface area (TPSA) is 296 Å². The molecule has 1 aliphatic carbocycles. The molecule has 18 nitrogen and oxygen atoms in total. The lowest BCUT2D eigenvalue weighted by Crippen LogP contribution is -2.70. The number of hydrogen-bond donors (Lipinski definition) is 9. The van der Waals surface area contributed by atoms with Gasteiger partial charge in [-0.2, -0.15) is 0 Å². The van der Waals surface area contributed by atoms with Crippen LogP contribution in [-0.2, 0) is 30.2 Å². The zero-order valence-corrected chi connectivity index (χ0v) is 27.0. The van der Waals surface area contributed by atoms with Gasteiger partial charge in [-0.3, -0.25) is 9.59 Å². The van der Waals surface area contributed by atoms with E-state index in [2.05, 4.69) is 0 Å². The van der Waals surface area contributed by atoms with E-state index in [1.54, 1.807) is 24.3 Å². The van der Waals surface area contributed by atoms with E-state index in [0.29, 0.717) is 18.6 Å². The number of benzene rings is 3. The molecule has 0 spiro atoms. The van der Waals surface area contributed by atoms with Crippen LogP contribution in [-0.4, -0.2) is 118 Å². The number of rotatable bonds is 6. The summed E-state index contributed by atoms with van der Waals surface area (Å²) in [7, 11) is 0. The first-order valence-corrected chi connectivity index (χ1v) is 15.9. The van der Waals surface area contributed by atoms with Gasteiger partial charge in [0.1, 0.15) is 47.7 Å². The molecule has 1 saturated heterocycles. The number of aliphatic hydroxyl groups is 5. The van der Waals surface area contributed by atoms with Gasteiger partial charge < -0.3 is 69.6 Å². The van der Waals surface area contributed by atoms with Crippen LogP contribution in [0.1, 0.15) is 44.2 Å². The van der Waals surface area contributed by atoms with Gasteiger partial charge in [-0.1, -0.05) is 30.3 Å². The van der Waals surface area contributed by atoms with Gasteiger partial charge in [-0.15, -0.1) is 0 Å². The van der Waals surface area contributed by atoms with E-state index in [4.69, 9.17) is 23.7 Å². The molecule has 0 aromatic heterocycles. The highest BCUT2D eigenvalue weighted by Crippen LogP contribution is 2.58. The molecule has 9 N–H and O–H groups in total. The monoisotopic (exact) mass is 738 g/mol. The van der Waals surface area contributed by atoms with E-state index < -0.39 is 129 Å². The van der Waals surface area contributed by atoms with Crippen molar-refractivity contribution < 1.29 is 88.8 Å². The largest absolute Gasteiger partial charge is 0.507 e. The molecular formula is C35H30O18. The van der Waals surface area contributed by atoms with Crippen molar-refractivity contribution in [3.05, 3.63) is 82.4 Å². The molecular weight excluding hydrogens is 708 g/mol. The molecule has 2 bridgehead atoms. The number of Topliss-reactive ketones (excluding diaryl/α,β-unsaturated/α-hetero) is 1. The Balaban J connectivity index is 1.18. The Hall–Kier alpha value is -5.76. The highest BCUT2D eigenvalue weighted by atomic mass is 16.7. The maximum Gasteiger partial charge on any atom is 0.339 e. The maximum atomic E-state index is 13.7. The summed E-state index contributed by atoms with van der Waals surface area (Å²) in [5.74, 6) is -19.5. The minimum atomic E-state index is -3.68. The van der Waals surface area contributed by atoms with Crippen molar-refractivity contribution in [2.75, 3.05) is 6.61 Å². The summed E-state index contributed by atoms with van der Waals surface area (Å²) in [5, 5.41) is 97.3. The molecule has 0 amide bonds. The number of phenols is 4. The third-order valence-electron chi connectivity index (χ3n) is 9.45. The number of phenolic OH excluding ortho intramolecular Hbond substituents is 4. The lowest BCUT2D eigenvalue weighted by atomic mass is 9.70. The molecule has 3 aliphatic heterocycles. The highest BCUT2D eigenvalue weighted by molar-refractivity contribution is 6.08. The predicted octanol–water partition coefficient (Wildman–Crippen LogP) is -0.713. The Morgan fingerprint density at radius 2 is 1.57 bits per heavy atom. The first-order chi connectivity index (χ1) is 25.0. The van der Waals surface area contributed by atoms with Crippen molar-refractivity contribution in [2.24, 2.45) is 0 Å². The van der Waals surface area contributed by atoms with Crippen LogP contribution in [0, 0.1) is 0 Å². The Bertz CT molecular complexity index is 2050. The van der Waals surface area contributed by atoms with Gasteiger partial charge in [0.15, 0.2) is 23.4 Å². The van der Waals surface area contributed by atoms with E-state index in [1.165, 1.54) is 0 Å². The van der Waals surface area contributed by atoms with Crippen LogP contribution in [0.5, 0.6) is 34.5 Å². The molecule has 1 unspecified atom stereocenters. The predicted molar refractivity (Wildman–Crippen MR) is 169 cm³/mol. The van der Waals surface area contributed by atoms with Gasteiger partial charge >= 0.3 is 17.7 Å². The van der Waals surface area contributed by atoms with Gasteiger partial charge in [0, 0.05) is 24.1 Å². The van der Waals surface area contributed by atoms with Crippen molar-refractivity contribution in [2.45, 2.75) is 61.0 Å². The first-order valence-electron chi connectivity index (χ1n) is 15.9. The molecule has 4 aliphatic rings. The lowest BCUT2D eigenvalue weighted by Gasteiger charge is -2.49. The average molecular weight is 739 g/mol. The lowest BCUT2D eigenvalue weighted by molar-refractivity contribution is -0.339. The number of fused-ring (bicyclic) bond motifs is 2. The summed E-state index contributed by atoms with van der Waals surface area (Å²) in [5.41, 5.74) is -1.94. The summed E-state index contributed by atoms with van der Waals surface area (Å²) in [6.07, 6.45) is -8.91. The number of hydrogen-bond acceptors (Lipinski definition) is 18. The van der Waals surface area contributed by atoms with Gasteiger partial charge in [0.25, 0.3) is 5.79 Å². The molecule has 3 aromatic rings. The summed E-state index contributed by atoms with van der Waals surface area (Å²) in [6.45, 7) is -0.922. The Morgan fingerprint density at radius 3 is 2.25 bits per heavy atom. The van der Waals surface area contributed by atoms with Crippen molar-refractivity contribution in [1.82, 2.24) is 0 Å². The van der Waals surface area contributed by atoms with E-state index in [9.17, 15) is 65.1 Å². The van der Waals surface area contributed by atoms with Gasteiger partial charge in [0.05, 0.1) is 17.1 Å². The van der Waals surface area contributed by atoms with Crippen molar-refractivity contribution in [3.8, 4) is 34.5 Å². The fraction of sp³-hybridized carbons (Fsp3) is 0.314. The maximum absolute atomic E-state index is 13.7. The molecule has 0 saturated carbocycles. The normalized spacial score (nSPS) is 28.6. The second-order valence-corrected chi connectivity index (χ2v) is 12.8. The molecule has 3 heterocycles. The zero-order chi connectivity index (χ0) is 38.1. The van der Waals surface area contributed by atoms with E-state index in [-0.39, 0.29) is 12.2 Å². The minimum Gasteiger partial charge on any atom is -0.507 e. The van der Waals surface area contributed by atoms with E-state index >= 15 is 0 Å². The Morgan fingerprint density at radius 1 is 0.887 bits per heavy atom. The average Bonchev–Trinajstić information content (AvgIpc) is 3.11. The van der Waals surface area contributed by atoms with E-state index in [0.717, 1.165) is 17.7 Å². The molecule has 7 atom stereocenters. The molecule has 53 heavy (non-hydrogen) atoms. The van der Waals surface area contributed by atoms with Gasteiger partial charge in [0.2, 0.25) is 17.8 Å². The number of cyclic esters (lactones) is 1. The minimum absolute atomic E-state index is 0.0631. The Kier molecular flexibility index (Phi) is 8.56. The summed E-state index contributed by atoms with van der Waals surface area (Å²) >= 11 is 0. The number of aromatic hydroxyl groups is 4. The Labute approximate surface area is 296 Å². The van der Waals surface area contributed by atoms with Crippen molar-refractivity contribution in [1.29, 1.82) is 0 Å². The fourth-order valence-electron chi connectivity index (χ4n) is 6.74. The molecule has 7 rings (SSSR count). The number of carbonyl (C=O) groups excluding carboxylic acids is 4. The van der Waals surface area contributed by atoms with Crippen LogP contribution in [0.25, 0.3) is 0 Å². The van der Waals surface area contributed by atoms with Crippen LogP contribution in [0.4, 0.5) is 0 Å². The molecule has 278 valence electrons. The zero-order valence-electron chi connectivity index (χ0n) is 27.0. The molecule has 18 heteroatoms. The number of ether oxygens (including phenoxy) is 5. The fourth-order valence-corrected chi connectivity index (χ4v) is 6.74. The molecule has 0 radical (unpaired) electrons. The quantitative estimate of drug-likeness (QED) is 0.0653. The smallest absolute Gasteiger partial charge is 0.339 e. The number of aliphatic hydroxyl groups excluding tert-OH is 2. The second-order valence-electron chi connectivity index (χ2n) is 12.8. The van der Waals surface area contributed by atoms with Gasteiger partial charge in [-0.25, -0.2) is 9.59 Å². The first kappa shape index (κ1) is 35.6. The van der Waals surface area contributed by atoms with Crippen LogP contribution < -0.4 is 9.47 Å². The summed E-state index contributed by atoms with van der Waals surface area (Å²) in [6, 6.07) is 11.5.